The van der Waals surface area contributed by atoms with Crippen molar-refractivity contribution >= 4 is 21.6 Å². The molecule has 0 bridgehead atoms. The van der Waals surface area contributed by atoms with Gasteiger partial charge < -0.3 is 4.90 Å². The fourth-order valence-electron chi connectivity index (χ4n) is 3.12. The molecule has 0 radical (unpaired) electrons. The van der Waals surface area contributed by atoms with E-state index in [2.05, 4.69) is 0 Å². The van der Waals surface area contributed by atoms with Crippen molar-refractivity contribution < 1.29 is 13.2 Å². The van der Waals surface area contributed by atoms with Crippen molar-refractivity contribution in [3.63, 3.8) is 0 Å². The number of carbonyl (C=O) groups is 1. The smallest absolute Gasteiger partial charge is 0.264 e. The number of sulfonamides is 1. The molecule has 1 aliphatic heterocycles. The Morgan fingerprint density at radius 2 is 1.68 bits per heavy atom. The van der Waals surface area contributed by atoms with Gasteiger partial charge in [0.25, 0.3) is 15.9 Å². The largest absolute Gasteiger partial charge is 0.339 e. The Morgan fingerprint density at radius 1 is 1.04 bits per heavy atom. The summed E-state index contributed by atoms with van der Waals surface area (Å²) in [5, 5.41) is 0. The number of hydrogen-bond acceptors (Lipinski definition) is 3. The molecule has 0 aromatic heterocycles. The second-order valence-electron chi connectivity index (χ2n) is 6.29. The first kappa shape index (κ1) is 17.5. The predicted octanol–water partition coefficient (Wildman–Crippen LogP) is 3.06. The standard InChI is InChI=1S/C19H22N2O3S/c1-15-14-16(19(22)21-12-6-7-13-21)10-11-18(15)20(2)25(23,24)17-8-4-3-5-9-17/h3-5,8-11,14H,6-7,12-13H2,1-2H3. The molecule has 3 rings (SSSR count). The monoisotopic (exact) mass is 358 g/mol. The average Bonchev–Trinajstić information content (AvgIpc) is 3.16. The van der Waals surface area contributed by atoms with Crippen LogP contribution < -0.4 is 4.31 Å². The Balaban J connectivity index is 1.89. The number of benzene rings is 2. The number of hydrogen-bond donors (Lipinski definition) is 0. The number of aryl methyl sites for hydroxylation is 1. The Morgan fingerprint density at radius 3 is 2.28 bits per heavy atom. The molecule has 0 atom stereocenters. The van der Waals surface area contributed by atoms with E-state index in [-0.39, 0.29) is 10.8 Å². The number of amides is 1. The summed E-state index contributed by atoms with van der Waals surface area (Å²) in [6, 6.07) is 13.5. The van der Waals surface area contributed by atoms with E-state index in [9.17, 15) is 13.2 Å². The Kier molecular flexibility index (Phi) is 4.81. The molecule has 1 amide bonds. The van der Waals surface area contributed by atoms with E-state index in [4.69, 9.17) is 0 Å². The molecule has 2 aromatic rings. The van der Waals surface area contributed by atoms with Crippen molar-refractivity contribution in [2.24, 2.45) is 0 Å². The number of anilines is 1. The topological polar surface area (TPSA) is 57.7 Å². The van der Waals surface area contributed by atoms with Crippen LogP contribution in [0.15, 0.2) is 53.4 Å². The van der Waals surface area contributed by atoms with Crippen LogP contribution in [0.1, 0.15) is 28.8 Å². The maximum Gasteiger partial charge on any atom is 0.264 e. The van der Waals surface area contributed by atoms with Crippen LogP contribution in [0.25, 0.3) is 0 Å². The van der Waals surface area contributed by atoms with Crippen LogP contribution in [0.2, 0.25) is 0 Å². The fraction of sp³-hybridized carbons (Fsp3) is 0.316. The third-order valence-corrected chi connectivity index (χ3v) is 6.36. The minimum Gasteiger partial charge on any atom is -0.339 e. The summed E-state index contributed by atoms with van der Waals surface area (Å²) >= 11 is 0. The highest BCUT2D eigenvalue weighted by Gasteiger charge is 2.24. The second kappa shape index (κ2) is 6.88. The third kappa shape index (κ3) is 3.39. The summed E-state index contributed by atoms with van der Waals surface area (Å²) in [5.74, 6) is 0.0146. The molecule has 6 heteroatoms. The number of likely N-dealkylation sites (tertiary alicyclic amines) is 1. The average molecular weight is 358 g/mol. The first-order chi connectivity index (χ1) is 11.9. The van der Waals surface area contributed by atoms with Gasteiger partial charge in [-0.3, -0.25) is 9.10 Å². The highest BCUT2D eigenvalue weighted by molar-refractivity contribution is 7.92. The first-order valence-electron chi connectivity index (χ1n) is 8.35. The number of carbonyl (C=O) groups excluding carboxylic acids is 1. The summed E-state index contributed by atoms with van der Waals surface area (Å²) in [6.07, 6.45) is 2.09. The van der Waals surface area contributed by atoms with Gasteiger partial charge in [0, 0.05) is 25.7 Å². The molecule has 2 aromatic carbocycles. The molecule has 1 saturated heterocycles. The van der Waals surface area contributed by atoms with Crippen LogP contribution in [0.3, 0.4) is 0 Å². The van der Waals surface area contributed by atoms with E-state index >= 15 is 0 Å². The summed E-state index contributed by atoms with van der Waals surface area (Å²) in [7, 11) is -2.09. The lowest BCUT2D eigenvalue weighted by molar-refractivity contribution is 0.0792. The molecule has 1 aliphatic rings. The maximum absolute atomic E-state index is 12.8. The van der Waals surface area contributed by atoms with Crippen molar-refractivity contribution in [3.8, 4) is 0 Å². The quantitative estimate of drug-likeness (QED) is 0.844. The molecule has 0 N–H and O–H groups in total. The molecule has 0 spiro atoms. The van der Waals surface area contributed by atoms with E-state index < -0.39 is 10.0 Å². The summed E-state index contributed by atoms with van der Waals surface area (Å²) in [4.78, 5) is 14.6. The number of nitrogens with zero attached hydrogens (tertiary/aromatic N) is 2. The van der Waals surface area contributed by atoms with Crippen LogP contribution in [-0.2, 0) is 10.0 Å². The van der Waals surface area contributed by atoms with Crippen molar-refractivity contribution in [3.05, 3.63) is 59.7 Å². The zero-order chi connectivity index (χ0) is 18.0. The van der Waals surface area contributed by atoms with Crippen LogP contribution >= 0.6 is 0 Å². The summed E-state index contributed by atoms with van der Waals surface area (Å²) < 4.78 is 26.8. The molecule has 1 heterocycles. The zero-order valence-electron chi connectivity index (χ0n) is 14.5. The summed E-state index contributed by atoms with van der Waals surface area (Å²) in [6.45, 7) is 3.41. The Labute approximate surface area is 148 Å². The van der Waals surface area contributed by atoms with Crippen molar-refractivity contribution in [2.75, 3.05) is 24.4 Å². The highest BCUT2D eigenvalue weighted by Crippen LogP contribution is 2.26. The van der Waals surface area contributed by atoms with Gasteiger partial charge >= 0.3 is 0 Å². The minimum atomic E-state index is -3.63. The van der Waals surface area contributed by atoms with Gasteiger partial charge in [0.2, 0.25) is 0 Å². The van der Waals surface area contributed by atoms with Crippen LogP contribution in [0.5, 0.6) is 0 Å². The van der Waals surface area contributed by atoms with E-state index in [1.54, 1.807) is 48.5 Å². The summed E-state index contributed by atoms with van der Waals surface area (Å²) in [5.41, 5.74) is 1.93. The number of rotatable bonds is 4. The molecule has 5 nitrogen and oxygen atoms in total. The lowest BCUT2D eigenvalue weighted by Crippen LogP contribution is -2.29. The normalized spacial score (nSPS) is 14.6. The fourth-order valence-corrected chi connectivity index (χ4v) is 4.41. The van der Waals surface area contributed by atoms with Gasteiger partial charge in [-0.15, -0.1) is 0 Å². The van der Waals surface area contributed by atoms with E-state index in [1.165, 1.54) is 11.4 Å². The molecule has 0 saturated carbocycles. The van der Waals surface area contributed by atoms with Crippen molar-refractivity contribution in [1.29, 1.82) is 0 Å². The molecule has 132 valence electrons. The zero-order valence-corrected chi connectivity index (χ0v) is 15.3. The Hall–Kier alpha value is -2.34. The second-order valence-corrected chi connectivity index (χ2v) is 8.26. The highest BCUT2D eigenvalue weighted by atomic mass is 32.2. The maximum atomic E-state index is 12.8. The van der Waals surface area contributed by atoms with Crippen molar-refractivity contribution in [1.82, 2.24) is 4.90 Å². The van der Waals surface area contributed by atoms with Crippen LogP contribution in [-0.4, -0.2) is 39.4 Å². The Bertz CT molecular complexity index is 873. The molecular weight excluding hydrogens is 336 g/mol. The van der Waals surface area contributed by atoms with Gasteiger partial charge in [-0.05, 0) is 55.7 Å². The lowest BCUT2D eigenvalue weighted by Gasteiger charge is -2.22. The van der Waals surface area contributed by atoms with E-state index in [1.807, 2.05) is 11.8 Å². The first-order valence-corrected chi connectivity index (χ1v) is 9.79. The van der Waals surface area contributed by atoms with Crippen LogP contribution in [0, 0.1) is 6.92 Å². The molecule has 0 aliphatic carbocycles. The van der Waals surface area contributed by atoms with Gasteiger partial charge in [0.05, 0.1) is 10.6 Å². The van der Waals surface area contributed by atoms with Gasteiger partial charge in [-0.1, -0.05) is 18.2 Å². The van der Waals surface area contributed by atoms with Gasteiger partial charge in [0.1, 0.15) is 0 Å². The minimum absolute atomic E-state index is 0.0146. The van der Waals surface area contributed by atoms with Crippen molar-refractivity contribution in [2.45, 2.75) is 24.7 Å². The van der Waals surface area contributed by atoms with Gasteiger partial charge in [-0.25, -0.2) is 8.42 Å². The van der Waals surface area contributed by atoms with Gasteiger partial charge in [0.15, 0.2) is 0 Å². The lowest BCUT2D eigenvalue weighted by atomic mass is 10.1. The molecule has 0 unspecified atom stereocenters. The third-order valence-electron chi connectivity index (χ3n) is 4.58. The van der Waals surface area contributed by atoms with Crippen LogP contribution in [0.4, 0.5) is 5.69 Å². The van der Waals surface area contributed by atoms with E-state index in [0.29, 0.717) is 11.3 Å². The predicted molar refractivity (Wildman–Crippen MR) is 98.3 cm³/mol. The molecule has 1 fully saturated rings. The van der Waals surface area contributed by atoms with Gasteiger partial charge in [-0.2, -0.15) is 0 Å². The molecular formula is C19H22N2O3S. The van der Waals surface area contributed by atoms with E-state index in [0.717, 1.165) is 31.5 Å². The SMILES string of the molecule is Cc1cc(C(=O)N2CCCC2)ccc1N(C)S(=O)(=O)c1ccccc1. The molecule has 25 heavy (non-hydrogen) atoms.